The molecule has 0 unspecified atom stereocenters. The summed E-state index contributed by atoms with van der Waals surface area (Å²) in [5, 5.41) is 4.64. The Labute approximate surface area is 156 Å². The van der Waals surface area contributed by atoms with E-state index in [0.717, 1.165) is 5.69 Å². The first-order valence-corrected chi connectivity index (χ1v) is 8.48. The molecule has 1 fully saturated rings. The molecule has 1 aliphatic heterocycles. The van der Waals surface area contributed by atoms with Gasteiger partial charge in [-0.25, -0.2) is 0 Å². The Morgan fingerprint density at radius 3 is 2.30 bits per heavy atom. The number of hydrogen-bond acceptors (Lipinski definition) is 6. The molecule has 2 aromatic rings. The predicted molar refractivity (Wildman–Crippen MR) is 101 cm³/mol. The Kier molecular flexibility index (Phi) is 5.68. The van der Waals surface area contributed by atoms with Gasteiger partial charge in [0.05, 0.1) is 24.6 Å². The van der Waals surface area contributed by atoms with E-state index in [-0.39, 0.29) is 5.56 Å². The molecule has 1 aliphatic rings. The minimum atomic E-state index is -1.03. The number of nitrogens with one attached hydrogen (secondary N) is 2. The summed E-state index contributed by atoms with van der Waals surface area (Å²) < 4.78 is 5.34. The van der Waals surface area contributed by atoms with Crippen molar-refractivity contribution in [3.8, 4) is 0 Å². The van der Waals surface area contributed by atoms with Crippen LogP contribution in [0.2, 0.25) is 0 Å². The number of nitrogens with two attached hydrogens (primary N) is 1. The Morgan fingerprint density at radius 2 is 1.59 bits per heavy atom. The van der Waals surface area contributed by atoms with Gasteiger partial charge in [0, 0.05) is 24.3 Å². The highest BCUT2D eigenvalue weighted by atomic mass is 16.5. The van der Waals surface area contributed by atoms with Crippen LogP contribution in [0.25, 0.3) is 0 Å². The third-order valence-corrected chi connectivity index (χ3v) is 4.11. The van der Waals surface area contributed by atoms with Crippen LogP contribution in [-0.4, -0.2) is 44.0 Å². The highest BCUT2D eigenvalue weighted by Gasteiger charge is 2.21. The Hall–Kier alpha value is -3.39. The average Bonchev–Trinajstić information content (AvgIpc) is 2.69. The van der Waals surface area contributed by atoms with Crippen molar-refractivity contribution in [3.05, 3.63) is 54.1 Å². The van der Waals surface area contributed by atoms with Crippen molar-refractivity contribution < 1.29 is 19.1 Å². The smallest absolute Gasteiger partial charge is 0.316 e. The molecular formula is C19H20N4O4. The average molecular weight is 368 g/mol. The van der Waals surface area contributed by atoms with Crippen LogP contribution in [0, 0.1) is 0 Å². The van der Waals surface area contributed by atoms with Crippen LogP contribution >= 0.6 is 0 Å². The molecule has 2 aromatic carbocycles. The monoisotopic (exact) mass is 368 g/mol. The zero-order valence-electron chi connectivity index (χ0n) is 14.6. The number of nitrogen functional groups attached to an aromatic ring is 1. The van der Waals surface area contributed by atoms with E-state index in [4.69, 9.17) is 10.5 Å². The van der Waals surface area contributed by atoms with Crippen LogP contribution in [-0.2, 0) is 14.3 Å². The molecule has 0 saturated carbocycles. The highest BCUT2D eigenvalue weighted by molar-refractivity contribution is 6.42. The lowest BCUT2D eigenvalue weighted by Crippen LogP contribution is -2.40. The van der Waals surface area contributed by atoms with Crippen molar-refractivity contribution >= 4 is 34.8 Å². The summed E-state index contributed by atoms with van der Waals surface area (Å²) in [4.78, 5) is 38.4. The summed E-state index contributed by atoms with van der Waals surface area (Å²) in [6.45, 7) is 2.57. The van der Waals surface area contributed by atoms with Crippen molar-refractivity contribution in [2.45, 2.75) is 0 Å². The van der Waals surface area contributed by atoms with Gasteiger partial charge in [-0.2, -0.15) is 0 Å². The van der Waals surface area contributed by atoms with Crippen LogP contribution in [0.5, 0.6) is 0 Å². The fourth-order valence-corrected chi connectivity index (χ4v) is 2.70. The molecule has 0 spiro atoms. The molecule has 0 aliphatic carbocycles. The van der Waals surface area contributed by atoms with E-state index in [1.54, 1.807) is 12.1 Å². The van der Waals surface area contributed by atoms with Crippen molar-refractivity contribution in [2.75, 3.05) is 42.3 Å². The summed E-state index contributed by atoms with van der Waals surface area (Å²) in [6.07, 6.45) is 0. The van der Waals surface area contributed by atoms with E-state index in [0.29, 0.717) is 37.7 Å². The highest BCUT2D eigenvalue weighted by Crippen LogP contribution is 2.26. The van der Waals surface area contributed by atoms with Crippen LogP contribution < -0.4 is 21.3 Å². The van der Waals surface area contributed by atoms with Gasteiger partial charge in [0.1, 0.15) is 0 Å². The summed E-state index contributed by atoms with van der Waals surface area (Å²) in [5.41, 5.74) is 7.59. The molecule has 0 bridgehead atoms. The number of rotatable bonds is 3. The molecule has 0 aromatic heterocycles. The summed E-state index contributed by atoms with van der Waals surface area (Å²) in [6, 6.07) is 13.2. The molecule has 140 valence electrons. The Morgan fingerprint density at radius 1 is 0.926 bits per heavy atom. The number of imide groups is 1. The van der Waals surface area contributed by atoms with Crippen LogP contribution in [0.1, 0.15) is 10.4 Å². The number of hydrogen-bond donors (Lipinski definition) is 3. The van der Waals surface area contributed by atoms with Crippen LogP contribution in [0.4, 0.5) is 17.1 Å². The minimum Gasteiger partial charge on any atom is -0.399 e. The Bertz CT molecular complexity index is 845. The van der Waals surface area contributed by atoms with Gasteiger partial charge in [0.25, 0.3) is 5.91 Å². The first-order valence-electron chi connectivity index (χ1n) is 8.48. The number of para-hydroxylation sites is 2. The zero-order chi connectivity index (χ0) is 19.2. The van der Waals surface area contributed by atoms with Crippen molar-refractivity contribution in [3.63, 3.8) is 0 Å². The second kappa shape index (κ2) is 8.33. The van der Waals surface area contributed by atoms with Gasteiger partial charge < -0.3 is 20.7 Å². The Balaban J connectivity index is 1.65. The lowest BCUT2D eigenvalue weighted by atomic mass is 10.2. The van der Waals surface area contributed by atoms with Crippen molar-refractivity contribution in [2.24, 2.45) is 0 Å². The molecule has 8 nitrogen and oxygen atoms in total. The maximum Gasteiger partial charge on any atom is 0.316 e. The van der Waals surface area contributed by atoms with E-state index >= 15 is 0 Å². The second-order valence-electron chi connectivity index (χ2n) is 5.98. The second-order valence-corrected chi connectivity index (χ2v) is 5.98. The van der Waals surface area contributed by atoms with Crippen molar-refractivity contribution in [1.29, 1.82) is 0 Å². The number of ether oxygens (including phenoxy) is 1. The largest absolute Gasteiger partial charge is 0.399 e. The van der Waals surface area contributed by atoms with E-state index in [1.807, 2.05) is 12.1 Å². The number of carbonyl (C=O) groups excluding carboxylic acids is 3. The standard InChI is InChI=1S/C19H20N4O4/c20-14-7-5-13(6-8-14)17(24)22-19(26)18(25)21-15-3-1-2-4-16(15)23-9-11-27-12-10-23/h1-8H,9-12,20H2,(H,21,25)(H,22,24,26). The number of anilines is 3. The number of benzene rings is 2. The van der Waals surface area contributed by atoms with Gasteiger partial charge in [-0.05, 0) is 36.4 Å². The first-order chi connectivity index (χ1) is 13.0. The van der Waals surface area contributed by atoms with Gasteiger partial charge in [0.2, 0.25) is 0 Å². The number of nitrogens with zero attached hydrogens (tertiary/aromatic N) is 1. The minimum absolute atomic E-state index is 0.235. The molecule has 8 heteroatoms. The maximum absolute atomic E-state index is 12.2. The van der Waals surface area contributed by atoms with Gasteiger partial charge in [-0.1, -0.05) is 12.1 Å². The fourth-order valence-electron chi connectivity index (χ4n) is 2.70. The van der Waals surface area contributed by atoms with Crippen LogP contribution in [0.15, 0.2) is 48.5 Å². The fraction of sp³-hybridized carbons (Fsp3) is 0.211. The lowest BCUT2D eigenvalue weighted by Gasteiger charge is -2.30. The SMILES string of the molecule is Nc1ccc(C(=O)NC(=O)C(=O)Nc2ccccc2N2CCOCC2)cc1. The third-order valence-electron chi connectivity index (χ3n) is 4.11. The molecule has 0 atom stereocenters. The maximum atomic E-state index is 12.2. The van der Waals surface area contributed by atoms with E-state index < -0.39 is 17.7 Å². The quantitative estimate of drug-likeness (QED) is 0.550. The summed E-state index contributed by atoms with van der Waals surface area (Å²) >= 11 is 0. The summed E-state index contributed by atoms with van der Waals surface area (Å²) in [7, 11) is 0. The number of carbonyl (C=O) groups is 3. The molecule has 4 N–H and O–H groups in total. The van der Waals surface area contributed by atoms with Crippen molar-refractivity contribution in [1.82, 2.24) is 5.32 Å². The molecule has 3 amide bonds. The zero-order valence-corrected chi connectivity index (χ0v) is 14.6. The number of amides is 3. The predicted octanol–water partition coefficient (Wildman–Crippen LogP) is 1.00. The van der Waals surface area contributed by atoms with Crippen LogP contribution in [0.3, 0.4) is 0 Å². The molecule has 3 rings (SSSR count). The third kappa shape index (κ3) is 4.62. The molecular weight excluding hydrogens is 348 g/mol. The first kappa shape index (κ1) is 18.4. The molecule has 27 heavy (non-hydrogen) atoms. The van der Waals surface area contributed by atoms with Gasteiger partial charge >= 0.3 is 11.8 Å². The topological polar surface area (TPSA) is 114 Å². The van der Waals surface area contributed by atoms with Gasteiger partial charge in [0.15, 0.2) is 0 Å². The lowest BCUT2D eigenvalue weighted by molar-refractivity contribution is -0.135. The summed E-state index contributed by atoms with van der Waals surface area (Å²) in [5.74, 6) is -2.62. The van der Waals surface area contributed by atoms with E-state index in [2.05, 4.69) is 15.5 Å². The van der Waals surface area contributed by atoms with E-state index in [9.17, 15) is 14.4 Å². The molecule has 1 heterocycles. The van der Waals surface area contributed by atoms with Gasteiger partial charge in [-0.3, -0.25) is 19.7 Å². The van der Waals surface area contributed by atoms with Gasteiger partial charge in [-0.15, -0.1) is 0 Å². The number of morpholine rings is 1. The molecule has 0 radical (unpaired) electrons. The molecule has 1 saturated heterocycles. The normalized spacial score (nSPS) is 13.7. The van der Waals surface area contributed by atoms with E-state index in [1.165, 1.54) is 24.3 Å².